The molecule has 2 amide bonds. The van der Waals surface area contributed by atoms with Crippen LogP contribution in [-0.4, -0.2) is 37.3 Å². The number of hydrogen-bond donors (Lipinski definition) is 2. The van der Waals surface area contributed by atoms with Crippen molar-refractivity contribution in [1.82, 2.24) is 10.3 Å². The van der Waals surface area contributed by atoms with Crippen molar-refractivity contribution in [2.45, 2.75) is 24.7 Å². The Morgan fingerprint density at radius 3 is 2.59 bits per heavy atom. The first-order valence-electron chi connectivity index (χ1n) is 8.24. The minimum absolute atomic E-state index is 0.155. The van der Waals surface area contributed by atoms with Gasteiger partial charge < -0.3 is 20.1 Å². The predicted molar refractivity (Wildman–Crippen MR) is 108 cm³/mol. The Morgan fingerprint density at radius 1 is 1.26 bits per heavy atom. The number of amides is 2. The number of anilines is 1. The fourth-order valence-corrected chi connectivity index (χ4v) is 3.60. The molecule has 1 aromatic heterocycles. The van der Waals surface area contributed by atoms with Crippen LogP contribution in [0.5, 0.6) is 11.5 Å². The van der Waals surface area contributed by atoms with Crippen molar-refractivity contribution in [3.8, 4) is 11.5 Å². The van der Waals surface area contributed by atoms with E-state index in [9.17, 15) is 9.59 Å². The van der Waals surface area contributed by atoms with Gasteiger partial charge in [-0.25, -0.2) is 4.98 Å². The van der Waals surface area contributed by atoms with Gasteiger partial charge in [-0.15, -0.1) is 0 Å². The molecule has 0 unspecified atom stereocenters. The zero-order valence-electron chi connectivity index (χ0n) is 15.9. The van der Waals surface area contributed by atoms with Crippen molar-refractivity contribution in [2.75, 3.05) is 25.8 Å². The summed E-state index contributed by atoms with van der Waals surface area (Å²) in [5.74, 6) is 0.584. The molecule has 9 heteroatoms. The largest absolute Gasteiger partial charge is 0.497 e. The highest BCUT2D eigenvalue weighted by Crippen LogP contribution is 2.31. The van der Waals surface area contributed by atoms with Crippen LogP contribution in [0.15, 0.2) is 22.5 Å². The van der Waals surface area contributed by atoms with Gasteiger partial charge in [0, 0.05) is 24.1 Å². The SMILES string of the molecule is COc1ccc(CNC(=O)c2nc(SC)sc2NC(=O)C(C)C)c(OC)c1. The van der Waals surface area contributed by atoms with Gasteiger partial charge in [-0.1, -0.05) is 36.9 Å². The minimum Gasteiger partial charge on any atom is -0.497 e. The Hall–Kier alpha value is -2.26. The van der Waals surface area contributed by atoms with Gasteiger partial charge in [-0.3, -0.25) is 9.59 Å². The molecule has 2 rings (SSSR count). The molecule has 0 spiro atoms. The van der Waals surface area contributed by atoms with Crippen molar-refractivity contribution in [2.24, 2.45) is 5.92 Å². The van der Waals surface area contributed by atoms with Crippen molar-refractivity contribution < 1.29 is 19.1 Å². The first-order chi connectivity index (χ1) is 12.9. The number of nitrogens with zero attached hydrogens (tertiary/aromatic N) is 1. The van der Waals surface area contributed by atoms with Gasteiger partial charge >= 0.3 is 0 Å². The Morgan fingerprint density at radius 2 is 2.00 bits per heavy atom. The first kappa shape index (κ1) is 21.0. The molecule has 0 aliphatic heterocycles. The van der Waals surface area contributed by atoms with Crippen molar-refractivity contribution in [3.05, 3.63) is 29.5 Å². The lowest BCUT2D eigenvalue weighted by Crippen LogP contribution is -2.25. The summed E-state index contributed by atoms with van der Waals surface area (Å²) in [6.07, 6.45) is 1.87. The van der Waals surface area contributed by atoms with Crippen molar-refractivity contribution >= 4 is 39.9 Å². The van der Waals surface area contributed by atoms with E-state index in [0.29, 0.717) is 20.8 Å². The van der Waals surface area contributed by atoms with Gasteiger partial charge in [0.25, 0.3) is 5.91 Å². The Bertz CT molecular complexity index is 821. The predicted octanol–water partition coefficient (Wildman–Crippen LogP) is 3.41. The number of thioether (sulfide) groups is 1. The topological polar surface area (TPSA) is 89.5 Å². The van der Waals surface area contributed by atoms with Gasteiger partial charge in [-0.2, -0.15) is 0 Å². The van der Waals surface area contributed by atoms with Crippen molar-refractivity contribution in [1.29, 1.82) is 0 Å². The first-order valence-corrected chi connectivity index (χ1v) is 10.3. The van der Waals surface area contributed by atoms with Crippen LogP contribution >= 0.6 is 23.1 Å². The molecule has 0 atom stereocenters. The zero-order chi connectivity index (χ0) is 20.0. The number of methoxy groups -OCH3 is 2. The average molecular weight is 410 g/mol. The van der Waals surface area contributed by atoms with Crippen LogP contribution in [-0.2, 0) is 11.3 Å². The highest BCUT2D eigenvalue weighted by atomic mass is 32.2. The van der Waals surface area contributed by atoms with Gasteiger partial charge in [-0.05, 0) is 18.4 Å². The zero-order valence-corrected chi connectivity index (χ0v) is 17.5. The van der Waals surface area contributed by atoms with E-state index in [-0.39, 0.29) is 30.0 Å². The van der Waals surface area contributed by atoms with Crippen LogP contribution in [0, 0.1) is 5.92 Å². The molecule has 0 saturated carbocycles. The lowest BCUT2D eigenvalue weighted by molar-refractivity contribution is -0.118. The van der Waals surface area contributed by atoms with Crippen LogP contribution in [0.25, 0.3) is 0 Å². The molecule has 1 heterocycles. The standard InChI is InChI=1S/C18H23N3O4S2/c1-10(2)15(22)21-17-14(20-18(26-5)27-17)16(23)19-9-11-6-7-12(24-3)8-13(11)25-4/h6-8,10H,9H2,1-5H3,(H,19,23)(H,21,22). The number of benzene rings is 1. The van der Waals surface area contributed by atoms with Crippen LogP contribution in [0.1, 0.15) is 29.9 Å². The summed E-state index contributed by atoms with van der Waals surface area (Å²) in [4.78, 5) is 29.0. The van der Waals surface area contributed by atoms with E-state index in [1.807, 2.05) is 12.3 Å². The fraction of sp³-hybridized carbons (Fsp3) is 0.389. The maximum atomic E-state index is 12.6. The van der Waals surface area contributed by atoms with E-state index >= 15 is 0 Å². The molecule has 0 aliphatic carbocycles. The highest BCUT2D eigenvalue weighted by molar-refractivity contribution is 8.00. The second-order valence-electron chi connectivity index (χ2n) is 5.87. The summed E-state index contributed by atoms with van der Waals surface area (Å²) in [5, 5.41) is 6.07. The molecule has 1 aromatic carbocycles. The van der Waals surface area contributed by atoms with E-state index in [4.69, 9.17) is 9.47 Å². The molecule has 27 heavy (non-hydrogen) atoms. The molecule has 0 saturated heterocycles. The molecule has 0 fully saturated rings. The van der Waals surface area contributed by atoms with Crippen LogP contribution in [0.3, 0.4) is 0 Å². The second kappa shape index (κ2) is 9.61. The summed E-state index contributed by atoms with van der Waals surface area (Å²) < 4.78 is 11.2. The third kappa shape index (κ3) is 5.36. The minimum atomic E-state index is -0.358. The highest BCUT2D eigenvalue weighted by Gasteiger charge is 2.21. The second-order valence-corrected chi connectivity index (χ2v) is 7.92. The summed E-state index contributed by atoms with van der Waals surface area (Å²) in [6, 6.07) is 5.38. The van der Waals surface area contributed by atoms with E-state index in [0.717, 1.165) is 5.56 Å². The lowest BCUT2D eigenvalue weighted by atomic mass is 10.2. The molecule has 7 nitrogen and oxygen atoms in total. The lowest BCUT2D eigenvalue weighted by Gasteiger charge is -2.11. The van der Waals surface area contributed by atoms with Crippen LogP contribution in [0.2, 0.25) is 0 Å². The van der Waals surface area contributed by atoms with Gasteiger partial charge in [0.2, 0.25) is 5.91 Å². The Labute approximate surface area is 166 Å². The molecule has 0 bridgehead atoms. The van der Waals surface area contributed by atoms with Crippen molar-refractivity contribution in [3.63, 3.8) is 0 Å². The number of aromatic nitrogens is 1. The average Bonchev–Trinajstić information content (AvgIpc) is 3.08. The molecular weight excluding hydrogens is 386 g/mol. The quantitative estimate of drug-likeness (QED) is 0.650. The molecule has 2 aromatic rings. The summed E-state index contributed by atoms with van der Waals surface area (Å²) in [5.41, 5.74) is 1.02. The van der Waals surface area contributed by atoms with E-state index in [1.165, 1.54) is 23.1 Å². The van der Waals surface area contributed by atoms with Gasteiger partial charge in [0.1, 0.15) is 16.5 Å². The van der Waals surface area contributed by atoms with Crippen LogP contribution in [0.4, 0.5) is 5.00 Å². The molecule has 0 radical (unpaired) electrons. The molecule has 0 aliphatic rings. The summed E-state index contributed by atoms with van der Waals surface area (Å²) >= 11 is 2.71. The summed E-state index contributed by atoms with van der Waals surface area (Å²) in [7, 11) is 3.14. The Kier molecular flexibility index (Phi) is 7.49. The number of carbonyl (C=O) groups is 2. The normalized spacial score (nSPS) is 10.6. The molecule has 146 valence electrons. The number of nitrogens with one attached hydrogen (secondary N) is 2. The number of ether oxygens (including phenoxy) is 2. The maximum absolute atomic E-state index is 12.6. The third-order valence-corrected chi connectivity index (χ3v) is 5.65. The van der Waals surface area contributed by atoms with E-state index in [2.05, 4.69) is 15.6 Å². The van der Waals surface area contributed by atoms with E-state index < -0.39 is 0 Å². The fourth-order valence-electron chi connectivity index (χ4n) is 2.14. The molecular formula is C18H23N3O4S2. The van der Waals surface area contributed by atoms with Gasteiger partial charge in [0.05, 0.1) is 14.2 Å². The Balaban J connectivity index is 2.16. The van der Waals surface area contributed by atoms with Crippen LogP contribution < -0.4 is 20.1 Å². The van der Waals surface area contributed by atoms with Gasteiger partial charge in [0.15, 0.2) is 10.0 Å². The molecule has 2 N–H and O–H groups in total. The monoisotopic (exact) mass is 409 g/mol. The number of carbonyl (C=O) groups excluding carboxylic acids is 2. The van der Waals surface area contributed by atoms with E-state index in [1.54, 1.807) is 40.2 Å². The number of hydrogen-bond acceptors (Lipinski definition) is 7. The smallest absolute Gasteiger partial charge is 0.273 e. The number of thiazole rings is 1. The number of rotatable bonds is 8. The maximum Gasteiger partial charge on any atom is 0.273 e. The third-order valence-electron chi connectivity index (χ3n) is 3.69. The summed E-state index contributed by atoms with van der Waals surface area (Å²) in [6.45, 7) is 3.85.